The summed E-state index contributed by atoms with van der Waals surface area (Å²) in [5.41, 5.74) is 4.46. The highest BCUT2D eigenvalue weighted by atomic mass is 15.2. The van der Waals surface area contributed by atoms with Crippen molar-refractivity contribution in [1.82, 2.24) is 4.90 Å². The van der Waals surface area contributed by atoms with Crippen LogP contribution in [0.15, 0.2) is 85.0 Å². The van der Waals surface area contributed by atoms with Gasteiger partial charge in [0.15, 0.2) is 0 Å². The quantitative estimate of drug-likeness (QED) is 0.477. The molecule has 1 fully saturated rings. The lowest BCUT2D eigenvalue weighted by atomic mass is 9.98. The Bertz CT molecular complexity index is 686. The molecule has 2 aromatic carbocycles. The van der Waals surface area contributed by atoms with Crippen LogP contribution in [0.2, 0.25) is 0 Å². The van der Waals surface area contributed by atoms with Gasteiger partial charge in [-0.05, 0) is 44.2 Å². The Morgan fingerprint density at radius 1 is 1.00 bits per heavy atom. The molecule has 0 aromatic heterocycles. The minimum atomic E-state index is 0.273. The molecule has 0 saturated heterocycles. The molecular weight excluding hydrogens is 314 g/mol. The van der Waals surface area contributed by atoms with Crippen LogP contribution in [-0.4, -0.2) is 10.9 Å². The fourth-order valence-corrected chi connectivity index (χ4v) is 3.93. The third-order valence-corrected chi connectivity index (χ3v) is 5.54. The molecule has 1 nitrogen and oxygen atoms in total. The van der Waals surface area contributed by atoms with Crippen molar-refractivity contribution in [3.05, 3.63) is 96.1 Å². The van der Waals surface area contributed by atoms with E-state index in [9.17, 15) is 0 Å². The van der Waals surface area contributed by atoms with E-state index in [0.717, 1.165) is 19.5 Å². The van der Waals surface area contributed by atoms with E-state index in [4.69, 9.17) is 0 Å². The van der Waals surface area contributed by atoms with Crippen LogP contribution < -0.4 is 0 Å². The summed E-state index contributed by atoms with van der Waals surface area (Å²) in [5, 5.41) is 0. The molecule has 1 saturated carbocycles. The first-order valence-electron chi connectivity index (χ1n) is 9.72. The highest BCUT2D eigenvalue weighted by molar-refractivity contribution is 5.23. The zero-order valence-corrected chi connectivity index (χ0v) is 16.2. The Morgan fingerprint density at radius 3 is 2.00 bits per heavy atom. The third-order valence-electron chi connectivity index (χ3n) is 5.54. The van der Waals surface area contributed by atoms with Crippen LogP contribution in [0.3, 0.4) is 0 Å². The molecule has 1 aliphatic carbocycles. The molecule has 2 aromatic rings. The van der Waals surface area contributed by atoms with Crippen LogP contribution in [0.1, 0.15) is 44.2 Å². The molecule has 0 heterocycles. The molecule has 0 radical (unpaired) electrons. The fraction of sp³-hybridized carbons (Fsp3) is 0.360. The molecule has 0 N–H and O–H groups in total. The van der Waals surface area contributed by atoms with E-state index < -0.39 is 0 Å². The number of allylic oxidation sites excluding steroid dienone is 2. The molecule has 3 rings (SSSR count). The van der Waals surface area contributed by atoms with Gasteiger partial charge in [-0.1, -0.05) is 78.4 Å². The summed E-state index contributed by atoms with van der Waals surface area (Å²) >= 11 is 0. The predicted octanol–water partition coefficient (Wildman–Crippen LogP) is 6.38. The lowest BCUT2D eigenvalue weighted by Gasteiger charge is -2.26. The van der Waals surface area contributed by atoms with Gasteiger partial charge in [0, 0.05) is 24.5 Å². The molecular formula is C25H31N. The highest BCUT2D eigenvalue weighted by Gasteiger charge is 2.53. The maximum Gasteiger partial charge on any atom is 0.0240 e. The average molecular weight is 346 g/mol. The van der Waals surface area contributed by atoms with E-state index >= 15 is 0 Å². The molecule has 0 aliphatic heterocycles. The molecule has 0 spiro atoms. The molecule has 0 unspecified atom stereocenters. The largest absolute Gasteiger partial charge is 0.291 e. The summed E-state index contributed by atoms with van der Waals surface area (Å²) in [6, 6.07) is 22.3. The van der Waals surface area contributed by atoms with Crippen molar-refractivity contribution in [2.75, 3.05) is 0 Å². The number of rotatable bonds is 9. The zero-order chi connectivity index (χ0) is 18.4. The van der Waals surface area contributed by atoms with Gasteiger partial charge in [0.1, 0.15) is 0 Å². The van der Waals surface area contributed by atoms with Crippen molar-refractivity contribution in [3.8, 4) is 0 Å². The average Bonchev–Trinajstić information content (AvgIpc) is 3.37. The summed E-state index contributed by atoms with van der Waals surface area (Å²) in [4.78, 5) is 2.65. The minimum absolute atomic E-state index is 0.273. The monoisotopic (exact) mass is 345 g/mol. The summed E-state index contributed by atoms with van der Waals surface area (Å²) in [6.07, 6.45) is 8.16. The third kappa shape index (κ3) is 4.74. The Morgan fingerprint density at radius 2 is 1.54 bits per heavy atom. The first kappa shape index (κ1) is 18.7. The molecule has 2 atom stereocenters. The van der Waals surface area contributed by atoms with Crippen LogP contribution in [0.5, 0.6) is 0 Å². The van der Waals surface area contributed by atoms with Crippen molar-refractivity contribution >= 4 is 0 Å². The Hall–Kier alpha value is -2.12. The van der Waals surface area contributed by atoms with E-state index in [2.05, 4.69) is 98.1 Å². The van der Waals surface area contributed by atoms with Crippen molar-refractivity contribution < 1.29 is 0 Å². The molecule has 1 heteroatoms. The lowest BCUT2D eigenvalue weighted by Crippen LogP contribution is -2.29. The summed E-state index contributed by atoms with van der Waals surface area (Å²) in [6.45, 7) is 10.6. The predicted molar refractivity (Wildman–Crippen MR) is 112 cm³/mol. The van der Waals surface area contributed by atoms with Crippen LogP contribution in [0.25, 0.3) is 0 Å². The standard InChI is InChI=1S/C25H31N/c1-4-25(17-11-12-21(2)3)18-24(25)26(19-22-13-7-5-8-14-22)20-23-15-9-6-10-16-23/h4-10,12-16,24H,1,11,17-20H2,2-3H3/t24-,25-/m1/s1. The van der Waals surface area contributed by atoms with Gasteiger partial charge in [0.2, 0.25) is 0 Å². The van der Waals surface area contributed by atoms with E-state index in [1.165, 1.54) is 29.5 Å². The Balaban J connectivity index is 1.75. The van der Waals surface area contributed by atoms with Crippen LogP contribution in [0.4, 0.5) is 0 Å². The van der Waals surface area contributed by atoms with E-state index in [1.54, 1.807) is 0 Å². The van der Waals surface area contributed by atoms with E-state index in [-0.39, 0.29) is 5.41 Å². The first-order chi connectivity index (χ1) is 12.6. The second-order valence-corrected chi connectivity index (χ2v) is 7.85. The van der Waals surface area contributed by atoms with Gasteiger partial charge in [-0.15, -0.1) is 6.58 Å². The van der Waals surface area contributed by atoms with Crippen molar-refractivity contribution in [3.63, 3.8) is 0 Å². The van der Waals surface area contributed by atoms with Crippen molar-refractivity contribution in [1.29, 1.82) is 0 Å². The van der Waals surface area contributed by atoms with Crippen LogP contribution >= 0.6 is 0 Å². The van der Waals surface area contributed by atoms with Gasteiger partial charge >= 0.3 is 0 Å². The Kier molecular flexibility index (Phi) is 6.11. The highest BCUT2D eigenvalue weighted by Crippen LogP contribution is 2.54. The van der Waals surface area contributed by atoms with Gasteiger partial charge in [-0.2, -0.15) is 0 Å². The van der Waals surface area contributed by atoms with E-state index in [1.807, 2.05) is 0 Å². The van der Waals surface area contributed by atoms with Crippen LogP contribution in [0, 0.1) is 5.41 Å². The first-order valence-corrected chi connectivity index (χ1v) is 9.72. The number of benzene rings is 2. The SMILES string of the molecule is C=C[C@@]1(CCC=C(C)C)C[C@H]1N(Cc1ccccc1)Cc1ccccc1. The smallest absolute Gasteiger partial charge is 0.0240 e. The number of nitrogens with zero attached hydrogens (tertiary/aromatic N) is 1. The maximum atomic E-state index is 4.19. The summed E-state index contributed by atoms with van der Waals surface area (Å²) in [7, 11) is 0. The normalized spacial score (nSPS) is 21.4. The zero-order valence-electron chi connectivity index (χ0n) is 16.2. The van der Waals surface area contributed by atoms with E-state index in [0.29, 0.717) is 6.04 Å². The fourth-order valence-electron chi connectivity index (χ4n) is 3.93. The molecule has 0 amide bonds. The minimum Gasteiger partial charge on any atom is -0.291 e. The molecule has 0 bridgehead atoms. The lowest BCUT2D eigenvalue weighted by molar-refractivity contribution is 0.218. The second kappa shape index (κ2) is 8.51. The second-order valence-electron chi connectivity index (χ2n) is 7.85. The molecule has 1 aliphatic rings. The number of hydrogen-bond donors (Lipinski definition) is 0. The van der Waals surface area contributed by atoms with Crippen molar-refractivity contribution in [2.45, 2.75) is 52.2 Å². The summed E-state index contributed by atoms with van der Waals surface area (Å²) < 4.78 is 0. The maximum absolute atomic E-state index is 4.19. The molecule has 136 valence electrons. The van der Waals surface area contributed by atoms with Gasteiger partial charge in [-0.3, -0.25) is 4.90 Å². The summed E-state index contributed by atoms with van der Waals surface area (Å²) in [5.74, 6) is 0. The Labute approximate surface area is 159 Å². The topological polar surface area (TPSA) is 3.24 Å². The van der Waals surface area contributed by atoms with Gasteiger partial charge < -0.3 is 0 Å². The van der Waals surface area contributed by atoms with Gasteiger partial charge in [0.05, 0.1) is 0 Å². The van der Waals surface area contributed by atoms with Crippen molar-refractivity contribution in [2.24, 2.45) is 5.41 Å². The number of hydrogen-bond acceptors (Lipinski definition) is 1. The van der Waals surface area contributed by atoms with Gasteiger partial charge in [-0.25, -0.2) is 0 Å². The van der Waals surface area contributed by atoms with Gasteiger partial charge in [0.25, 0.3) is 0 Å². The van der Waals surface area contributed by atoms with Crippen LogP contribution in [-0.2, 0) is 13.1 Å². The molecule has 26 heavy (non-hydrogen) atoms.